The first-order chi connectivity index (χ1) is 9.10. The summed E-state index contributed by atoms with van der Waals surface area (Å²) in [5.41, 5.74) is 2.26. The molecule has 1 aliphatic rings. The van der Waals surface area contributed by atoms with E-state index in [1.807, 2.05) is 19.2 Å². The molecule has 0 radical (unpaired) electrons. The molecular weight excluding hydrogens is 258 g/mol. The first-order valence-corrected chi connectivity index (χ1v) is 7.25. The van der Waals surface area contributed by atoms with Crippen molar-refractivity contribution in [3.05, 3.63) is 35.0 Å². The standard InChI is InChI=1S/C15H22ClN3/c1-4-19(10-11(2)3)15-14(16)7-12(9-18-15)8-17-13-5-6-13/h7,9,13,17H,2,4-6,8,10H2,1,3H3. The highest BCUT2D eigenvalue weighted by molar-refractivity contribution is 6.33. The zero-order valence-electron chi connectivity index (χ0n) is 11.7. The summed E-state index contributed by atoms with van der Waals surface area (Å²) in [7, 11) is 0. The quantitative estimate of drug-likeness (QED) is 0.776. The van der Waals surface area contributed by atoms with Crippen LogP contribution in [0, 0.1) is 0 Å². The topological polar surface area (TPSA) is 28.2 Å². The number of hydrogen-bond donors (Lipinski definition) is 1. The fourth-order valence-electron chi connectivity index (χ4n) is 2.01. The van der Waals surface area contributed by atoms with E-state index in [0.717, 1.165) is 41.6 Å². The van der Waals surface area contributed by atoms with E-state index in [9.17, 15) is 0 Å². The van der Waals surface area contributed by atoms with Gasteiger partial charge in [0.15, 0.2) is 0 Å². The van der Waals surface area contributed by atoms with Gasteiger partial charge in [-0.3, -0.25) is 0 Å². The summed E-state index contributed by atoms with van der Waals surface area (Å²) >= 11 is 6.36. The molecule has 0 bridgehead atoms. The van der Waals surface area contributed by atoms with Gasteiger partial charge in [-0.15, -0.1) is 0 Å². The molecule has 0 saturated heterocycles. The molecule has 104 valence electrons. The normalized spacial score (nSPS) is 14.5. The fourth-order valence-corrected chi connectivity index (χ4v) is 2.32. The maximum atomic E-state index is 6.36. The number of anilines is 1. The minimum Gasteiger partial charge on any atom is -0.352 e. The number of nitrogens with zero attached hydrogens (tertiary/aromatic N) is 2. The van der Waals surface area contributed by atoms with Gasteiger partial charge in [0.1, 0.15) is 5.82 Å². The molecule has 0 aliphatic heterocycles. The summed E-state index contributed by atoms with van der Waals surface area (Å²) in [4.78, 5) is 6.66. The van der Waals surface area contributed by atoms with E-state index >= 15 is 0 Å². The molecule has 1 N–H and O–H groups in total. The second-order valence-electron chi connectivity index (χ2n) is 5.28. The smallest absolute Gasteiger partial charge is 0.147 e. The van der Waals surface area contributed by atoms with E-state index in [1.165, 1.54) is 12.8 Å². The summed E-state index contributed by atoms with van der Waals surface area (Å²) in [6.45, 7) is 10.6. The van der Waals surface area contributed by atoms with Crippen LogP contribution in [0.25, 0.3) is 0 Å². The van der Waals surface area contributed by atoms with Crippen molar-refractivity contribution in [1.82, 2.24) is 10.3 Å². The molecular formula is C15H22ClN3. The Balaban J connectivity index is 2.05. The average Bonchev–Trinajstić information content (AvgIpc) is 3.18. The third-order valence-corrected chi connectivity index (χ3v) is 3.47. The molecule has 1 heterocycles. The van der Waals surface area contributed by atoms with Gasteiger partial charge in [0.2, 0.25) is 0 Å². The highest BCUT2D eigenvalue weighted by atomic mass is 35.5. The van der Waals surface area contributed by atoms with Gasteiger partial charge in [0.05, 0.1) is 5.02 Å². The molecule has 0 amide bonds. The van der Waals surface area contributed by atoms with Crippen molar-refractivity contribution in [2.75, 3.05) is 18.0 Å². The van der Waals surface area contributed by atoms with Crippen molar-refractivity contribution in [3.63, 3.8) is 0 Å². The molecule has 3 nitrogen and oxygen atoms in total. The molecule has 19 heavy (non-hydrogen) atoms. The molecule has 1 aliphatic carbocycles. The Bertz CT molecular complexity index is 455. The van der Waals surface area contributed by atoms with Gasteiger partial charge in [0, 0.05) is 31.9 Å². The monoisotopic (exact) mass is 279 g/mol. The number of halogens is 1. The molecule has 0 spiro atoms. The van der Waals surface area contributed by atoms with Crippen LogP contribution in [0.4, 0.5) is 5.82 Å². The van der Waals surface area contributed by atoms with Crippen LogP contribution in [0.1, 0.15) is 32.3 Å². The van der Waals surface area contributed by atoms with E-state index in [-0.39, 0.29) is 0 Å². The van der Waals surface area contributed by atoms with Crippen LogP contribution >= 0.6 is 11.6 Å². The lowest BCUT2D eigenvalue weighted by atomic mass is 10.2. The summed E-state index contributed by atoms with van der Waals surface area (Å²) in [6, 6.07) is 2.72. The lowest BCUT2D eigenvalue weighted by Gasteiger charge is -2.23. The third kappa shape index (κ3) is 4.22. The first kappa shape index (κ1) is 14.4. The molecule has 1 saturated carbocycles. The predicted octanol–water partition coefficient (Wildman–Crippen LogP) is 3.39. The van der Waals surface area contributed by atoms with Gasteiger partial charge in [-0.2, -0.15) is 0 Å². The fraction of sp³-hybridized carbons (Fsp3) is 0.533. The summed E-state index contributed by atoms with van der Waals surface area (Å²) in [5.74, 6) is 0.849. The molecule has 1 aromatic rings. The van der Waals surface area contributed by atoms with E-state index in [2.05, 4.69) is 28.7 Å². The van der Waals surface area contributed by atoms with E-state index in [0.29, 0.717) is 6.04 Å². The van der Waals surface area contributed by atoms with E-state index in [1.54, 1.807) is 0 Å². The molecule has 0 aromatic carbocycles. The SMILES string of the molecule is C=C(C)CN(CC)c1ncc(CNC2CC2)cc1Cl. The molecule has 0 atom stereocenters. The highest BCUT2D eigenvalue weighted by Crippen LogP contribution is 2.25. The Morgan fingerprint density at radius 1 is 1.58 bits per heavy atom. The number of likely N-dealkylation sites (N-methyl/N-ethyl adjacent to an activating group) is 1. The van der Waals surface area contributed by atoms with Crippen molar-refractivity contribution in [2.24, 2.45) is 0 Å². The lowest BCUT2D eigenvalue weighted by molar-refractivity contribution is 0.685. The highest BCUT2D eigenvalue weighted by Gasteiger charge is 2.20. The zero-order valence-corrected chi connectivity index (χ0v) is 12.5. The van der Waals surface area contributed by atoms with Gasteiger partial charge >= 0.3 is 0 Å². The maximum absolute atomic E-state index is 6.36. The van der Waals surface area contributed by atoms with Crippen molar-refractivity contribution in [2.45, 2.75) is 39.3 Å². The van der Waals surface area contributed by atoms with Gasteiger partial charge in [0.25, 0.3) is 0 Å². The Kier molecular flexibility index (Phi) is 4.83. The first-order valence-electron chi connectivity index (χ1n) is 6.87. The molecule has 1 fully saturated rings. The van der Waals surface area contributed by atoms with Crippen LogP contribution < -0.4 is 10.2 Å². The van der Waals surface area contributed by atoms with Crippen molar-refractivity contribution in [3.8, 4) is 0 Å². The lowest BCUT2D eigenvalue weighted by Crippen LogP contribution is -2.26. The minimum absolute atomic E-state index is 0.703. The number of rotatable bonds is 7. The Morgan fingerprint density at radius 2 is 2.32 bits per heavy atom. The van der Waals surface area contributed by atoms with Gasteiger partial charge in [-0.05, 0) is 38.3 Å². The van der Waals surface area contributed by atoms with Gasteiger partial charge in [-0.1, -0.05) is 23.8 Å². The van der Waals surface area contributed by atoms with E-state index in [4.69, 9.17) is 11.6 Å². The molecule has 4 heteroatoms. The molecule has 1 aromatic heterocycles. The van der Waals surface area contributed by atoms with Crippen LogP contribution in [-0.4, -0.2) is 24.1 Å². The molecule has 0 unspecified atom stereocenters. The van der Waals surface area contributed by atoms with Crippen molar-refractivity contribution >= 4 is 17.4 Å². The number of nitrogens with one attached hydrogen (secondary N) is 1. The Morgan fingerprint density at radius 3 is 2.84 bits per heavy atom. The Hall–Kier alpha value is -1.06. The maximum Gasteiger partial charge on any atom is 0.147 e. The number of aromatic nitrogens is 1. The summed E-state index contributed by atoms with van der Waals surface area (Å²) < 4.78 is 0. The number of hydrogen-bond acceptors (Lipinski definition) is 3. The Labute approximate surface area is 120 Å². The average molecular weight is 280 g/mol. The second-order valence-corrected chi connectivity index (χ2v) is 5.68. The second kappa shape index (κ2) is 6.40. The van der Waals surface area contributed by atoms with Crippen LogP contribution in [0.15, 0.2) is 24.4 Å². The molecule has 2 rings (SSSR count). The van der Waals surface area contributed by atoms with Gasteiger partial charge < -0.3 is 10.2 Å². The minimum atomic E-state index is 0.703. The summed E-state index contributed by atoms with van der Waals surface area (Å²) in [5, 5.41) is 4.19. The van der Waals surface area contributed by atoms with Crippen molar-refractivity contribution in [1.29, 1.82) is 0 Å². The van der Waals surface area contributed by atoms with Crippen LogP contribution in [0.5, 0.6) is 0 Å². The van der Waals surface area contributed by atoms with Crippen molar-refractivity contribution < 1.29 is 0 Å². The largest absolute Gasteiger partial charge is 0.352 e. The van der Waals surface area contributed by atoms with Crippen LogP contribution in [0.3, 0.4) is 0 Å². The predicted molar refractivity (Wildman–Crippen MR) is 81.8 cm³/mol. The zero-order chi connectivity index (χ0) is 13.8. The summed E-state index contributed by atoms with van der Waals surface area (Å²) in [6.07, 6.45) is 4.50. The number of pyridine rings is 1. The van der Waals surface area contributed by atoms with Crippen LogP contribution in [-0.2, 0) is 6.54 Å². The third-order valence-electron chi connectivity index (χ3n) is 3.19. The van der Waals surface area contributed by atoms with E-state index < -0.39 is 0 Å². The van der Waals surface area contributed by atoms with Crippen LogP contribution in [0.2, 0.25) is 5.02 Å². The van der Waals surface area contributed by atoms with Gasteiger partial charge in [-0.25, -0.2) is 4.98 Å².